The van der Waals surface area contributed by atoms with Crippen LogP contribution in [0, 0.1) is 0 Å². The Labute approximate surface area is 89.9 Å². The highest BCUT2D eigenvalue weighted by Crippen LogP contribution is 2.10. The Morgan fingerprint density at radius 1 is 1.47 bits per heavy atom. The van der Waals surface area contributed by atoms with Gasteiger partial charge in [0, 0.05) is 45.4 Å². The molecule has 0 aliphatic carbocycles. The van der Waals surface area contributed by atoms with Crippen molar-refractivity contribution in [2.24, 2.45) is 7.05 Å². The third kappa shape index (κ3) is 2.37. The maximum absolute atomic E-state index is 11.7. The first-order valence-corrected chi connectivity index (χ1v) is 5.51. The largest absolute Gasteiger partial charge is 0.343 e. The van der Waals surface area contributed by atoms with Crippen LogP contribution < -0.4 is 0 Å². The summed E-state index contributed by atoms with van der Waals surface area (Å²) in [6.45, 7) is 1.89. The standard InChI is InChI=1S/C11H17N3O/c1-13-9-6-12-10(13)4-5-11(15)14-7-2-3-8-14/h6,9H,2-5,7-8H2,1H3. The van der Waals surface area contributed by atoms with Crippen molar-refractivity contribution in [2.75, 3.05) is 13.1 Å². The number of aryl methyl sites for hydroxylation is 2. The maximum atomic E-state index is 11.7. The molecule has 1 aromatic rings. The number of amides is 1. The van der Waals surface area contributed by atoms with Crippen LogP contribution in [-0.4, -0.2) is 33.4 Å². The molecule has 1 aliphatic rings. The van der Waals surface area contributed by atoms with Crippen molar-refractivity contribution in [3.05, 3.63) is 18.2 Å². The van der Waals surface area contributed by atoms with E-state index in [0.29, 0.717) is 6.42 Å². The van der Waals surface area contributed by atoms with Crippen LogP contribution in [0.15, 0.2) is 12.4 Å². The van der Waals surface area contributed by atoms with Crippen molar-refractivity contribution >= 4 is 5.91 Å². The van der Waals surface area contributed by atoms with Gasteiger partial charge in [-0.3, -0.25) is 4.79 Å². The second-order valence-corrected chi connectivity index (χ2v) is 4.04. The van der Waals surface area contributed by atoms with Crippen molar-refractivity contribution in [1.29, 1.82) is 0 Å². The van der Waals surface area contributed by atoms with Gasteiger partial charge in [-0.25, -0.2) is 4.98 Å². The quantitative estimate of drug-likeness (QED) is 0.741. The summed E-state index contributed by atoms with van der Waals surface area (Å²) in [5.74, 6) is 1.26. The van der Waals surface area contributed by atoms with Gasteiger partial charge in [-0.2, -0.15) is 0 Å². The molecule has 1 saturated heterocycles. The van der Waals surface area contributed by atoms with Crippen molar-refractivity contribution in [3.8, 4) is 0 Å². The van der Waals surface area contributed by atoms with Crippen LogP contribution in [0.5, 0.6) is 0 Å². The van der Waals surface area contributed by atoms with Gasteiger partial charge in [0.25, 0.3) is 0 Å². The fourth-order valence-corrected chi connectivity index (χ4v) is 1.98. The summed E-state index contributed by atoms with van der Waals surface area (Å²) in [5, 5.41) is 0. The second kappa shape index (κ2) is 4.47. The summed E-state index contributed by atoms with van der Waals surface area (Å²) in [5.41, 5.74) is 0. The SMILES string of the molecule is Cn1ccnc1CCC(=O)N1CCCC1. The summed E-state index contributed by atoms with van der Waals surface area (Å²) in [4.78, 5) is 17.9. The van der Waals surface area contributed by atoms with Gasteiger partial charge in [0.05, 0.1) is 0 Å². The van der Waals surface area contributed by atoms with Crippen molar-refractivity contribution in [2.45, 2.75) is 25.7 Å². The van der Waals surface area contributed by atoms with Gasteiger partial charge in [-0.15, -0.1) is 0 Å². The minimum atomic E-state index is 0.274. The molecular formula is C11H17N3O. The van der Waals surface area contributed by atoms with Gasteiger partial charge in [0.1, 0.15) is 5.82 Å². The summed E-state index contributed by atoms with van der Waals surface area (Å²) in [6, 6.07) is 0. The lowest BCUT2D eigenvalue weighted by atomic mass is 10.2. The molecule has 4 heteroatoms. The Balaban J connectivity index is 1.83. The number of imidazole rings is 1. The van der Waals surface area contributed by atoms with E-state index in [1.165, 1.54) is 0 Å². The zero-order chi connectivity index (χ0) is 10.7. The van der Waals surface area contributed by atoms with Crippen molar-refractivity contribution in [3.63, 3.8) is 0 Å². The first-order chi connectivity index (χ1) is 7.27. The van der Waals surface area contributed by atoms with Gasteiger partial charge in [-0.1, -0.05) is 0 Å². The normalized spacial score (nSPS) is 15.9. The van der Waals surface area contributed by atoms with E-state index < -0.39 is 0 Å². The zero-order valence-corrected chi connectivity index (χ0v) is 9.15. The predicted molar refractivity (Wildman–Crippen MR) is 57.3 cm³/mol. The lowest BCUT2D eigenvalue weighted by molar-refractivity contribution is -0.130. The molecule has 1 aromatic heterocycles. The Bertz CT molecular complexity index is 339. The lowest BCUT2D eigenvalue weighted by Crippen LogP contribution is -2.27. The molecule has 4 nitrogen and oxygen atoms in total. The van der Waals surface area contributed by atoms with E-state index in [4.69, 9.17) is 0 Å². The van der Waals surface area contributed by atoms with Crippen LogP contribution in [-0.2, 0) is 18.3 Å². The summed E-state index contributed by atoms with van der Waals surface area (Å²) in [7, 11) is 1.96. The maximum Gasteiger partial charge on any atom is 0.223 e. The third-order valence-corrected chi connectivity index (χ3v) is 2.94. The zero-order valence-electron chi connectivity index (χ0n) is 9.15. The number of hydrogen-bond acceptors (Lipinski definition) is 2. The van der Waals surface area contributed by atoms with Crippen LogP contribution in [0.2, 0.25) is 0 Å². The van der Waals surface area contributed by atoms with E-state index in [1.54, 1.807) is 6.20 Å². The van der Waals surface area contributed by atoms with Crippen LogP contribution in [0.4, 0.5) is 0 Å². The molecule has 0 bridgehead atoms. The number of carbonyl (C=O) groups is 1. The van der Waals surface area contributed by atoms with E-state index in [2.05, 4.69) is 4.98 Å². The monoisotopic (exact) mass is 207 g/mol. The van der Waals surface area contributed by atoms with Gasteiger partial charge in [0.15, 0.2) is 0 Å². The molecule has 0 radical (unpaired) electrons. The smallest absolute Gasteiger partial charge is 0.223 e. The average Bonchev–Trinajstić information content (AvgIpc) is 2.85. The van der Waals surface area contributed by atoms with Gasteiger partial charge in [-0.05, 0) is 12.8 Å². The lowest BCUT2D eigenvalue weighted by Gasteiger charge is -2.14. The fraction of sp³-hybridized carbons (Fsp3) is 0.636. The Morgan fingerprint density at radius 3 is 2.80 bits per heavy atom. The van der Waals surface area contributed by atoms with Crippen LogP contribution in [0.3, 0.4) is 0 Å². The van der Waals surface area contributed by atoms with Gasteiger partial charge >= 0.3 is 0 Å². The molecule has 0 N–H and O–H groups in total. The van der Waals surface area contributed by atoms with Crippen LogP contribution in [0.1, 0.15) is 25.1 Å². The summed E-state index contributed by atoms with van der Waals surface area (Å²) < 4.78 is 1.97. The third-order valence-electron chi connectivity index (χ3n) is 2.94. The van der Waals surface area contributed by atoms with E-state index >= 15 is 0 Å². The van der Waals surface area contributed by atoms with E-state index in [-0.39, 0.29) is 5.91 Å². The van der Waals surface area contributed by atoms with Gasteiger partial charge < -0.3 is 9.47 Å². The molecule has 2 rings (SSSR count). The molecule has 15 heavy (non-hydrogen) atoms. The minimum Gasteiger partial charge on any atom is -0.343 e. The second-order valence-electron chi connectivity index (χ2n) is 4.04. The molecule has 1 fully saturated rings. The molecule has 82 valence electrons. The first kappa shape index (κ1) is 10.2. The highest BCUT2D eigenvalue weighted by Gasteiger charge is 2.17. The Kier molecular flexibility index (Phi) is 3.04. The number of nitrogens with zero attached hydrogens (tertiary/aromatic N) is 3. The molecule has 1 aliphatic heterocycles. The summed E-state index contributed by atoms with van der Waals surface area (Å²) >= 11 is 0. The fourth-order valence-electron chi connectivity index (χ4n) is 1.98. The number of carbonyl (C=O) groups excluding carboxylic acids is 1. The number of rotatable bonds is 3. The Morgan fingerprint density at radius 2 is 2.20 bits per heavy atom. The molecule has 0 atom stereocenters. The van der Waals surface area contributed by atoms with Crippen LogP contribution in [0.25, 0.3) is 0 Å². The molecule has 0 spiro atoms. The molecule has 1 amide bonds. The molecule has 2 heterocycles. The van der Waals surface area contributed by atoms with E-state index in [0.717, 1.165) is 38.2 Å². The first-order valence-electron chi connectivity index (χ1n) is 5.51. The van der Waals surface area contributed by atoms with Gasteiger partial charge in [0.2, 0.25) is 5.91 Å². The van der Waals surface area contributed by atoms with E-state index in [1.807, 2.05) is 22.7 Å². The topological polar surface area (TPSA) is 38.1 Å². The van der Waals surface area contributed by atoms with E-state index in [9.17, 15) is 4.79 Å². The minimum absolute atomic E-state index is 0.274. The molecule has 0 aromatic carbocycles. The number of aromatic nitrogens is 2. The number of likely N-dealkylation sites (tertiary alicyclic amines) is 1. The number of hydrogen-bond donors (Lipinski definition) is 0. The molecule has 0 saturated carbocycles. The Hall–Kier alpha value is -1.32. The summed E-state index contributed by atoms with van der Waals surface area (Å²) in [6.07, 6.45) is 7.34. The average molecular weight is 207 g/mol. The molecule has 0 unspecified atom stereocenters. The van der Waals surface area contributed by atoms with Crippen molar-refractivity contribution in [1.82, 2.24) is 14.5 Å². The highest BCUT2D eigenvalue weighted by atomic mass is 16.2. The highest BCUT2D eigenvalue weighted by molar-refractivity contribution is 5.76. The molecular weight excluding hydrogens is 190 g/mol. The van der Waals surface area contributed by atoms with Crippen LogP contribution >= 0.6 is 0 Å². The predicted octanol–water partition coefficient (Wildman–Crippen LogP) is 0.975. The van der Waals surface area contributed by atoms with Crippen molar-refractivity contribution < 1.29 is 4.79 Å².